The summed E-state index contributed by atoms with van der Waals surface area (Å²) in [6.07, 6.45) is -0.296. The number of rotatable bonds is 3. The van der Waals surface area contributed by atoms with Crippen LogP contribution in [0.2, 0.25) is 0 Å². The molecule has 6 heteroatoms. The van der Waals surface area contributed by atoms with Crippen molar-refractivity contribution in [3.8, 4) is 0 Å². The number of aromatic nitrogens is 2. The molecule has 1 aromatic heterocycles. The molecule has 5 nitrogen and oxygen atoms in total. The third-order valence-electron chi connectivity index (χ3n) is 1.48. The lowest BCUT2D eigenvalue weighted by atomic mass is 10.2. The Morgan fingerprint density at radius 1 is 1.58 bits per heavy atom. The van der Waals surface area contributed by atoms with Crippen molar-refractivity contribution in [1.82, 2.24) is 9.97 Å². The molecule has 5 N–H and O–H groups in total. The van der Waals surface area contributed by atoms with Crippen molar-refractivity contribution in [2.45, 2.75) is 12.5 Å². The van der Waals surface area contributed by atoms with Gasteiger partial charge in [0, 0.05) is 0 Å². The van der Waals surface area contributed by atoms with E-state index in [2.05, 4.69) is 25.9 Å². The quantitative estimate of drug-likeness (QED) is 0.587. The first-order chi connectivity index (χ1) is 5.65. The number of nitrogens with one attached hydrogen (secondary N) is 2. The van der Waals surface area contributed by atoms with Crippen molar-refractivity contribution in [2.75, 3.05) is 6.54 Å². The van der Waals surface area contributed by atoms with E-state index in [4.69, 9.17) is 5.73 Å². The van der Waals surface area contributed by atoms with Crippen molar-refractivity contribution in [2.24, 2.45) is 5.73 Å². The van der Waals surface area contributed by atoms with Gasteiger partial charge in [-0.15, -0.1) is 0 Å². The Labute approximate surface area is 77.1 Å². The number of hydrogen-bond donors (Lipinski definition) is 4. The van der Waals surface area contributed by atoms with Crippen LogP contribution < -0.4 is 11.4 Å². The zero-order chi connectivity index (χ0) is 9.14. The van der Waals surface area contributed by atoms with Crippen molar-refractivity contribution in [1.29, 1.82) is 0 Å². The lowest BCUT2D eigenvalue weighted by molar-refractivity contribution is 0.165. The van der Waals surface area contributed by atoms with Crippen LogP contribution in [0.3, 0.4) is 0 Å². The molecule has 0 amide bonds. The Morgan fingerprint density at radius 2 is 2.25 bits per heavy atom. The summed E-state index contributed by atoms with van der Waals surface area (Å²) in [5.74, 6) is 0. The zero-order valence-electron chi connectivity index (χ0n) is 6.30. The van der Waals surface area contributed by atoms with E-state index in [1.807, 2.05) is 0 Å². The van der Waals surface area contributed by atoms with Crippen LogP contribution in [0.1, 0.15) is 18.2 Å². The Morgan fingerprint density at radius 3 is 2.67 bits per heavy atom. The normalized spacial score (nSPS) is 13.2. The zero-order valence-corrected chi connectivity index (χ0v) is 7.89. The molecule has 1 rings (SSSR count). The van der Waals surface area contributed by atoms with Crippen molar-refractivity contribution in [3.05, 3.63) is 20.8 Å². The van der Waals surface area contributed by atoms with Gasteiger partial charge in [-0.3, -0.25) is 0 Å². The van der Waals surface area contributed by atoms with Gasteiger partial charge in [0.1, 0.15) is 4.60 Å². The number of aliphatic hydroxyl groups is 1. The molecular weight excluding hydrogens is 226 g/mol. The molecule has 0 aromatic carbocycles. The predicted molar refractivity (Wildman–Crippen MR) is 47.7 cm³/mol. The Balaban J connectivity index is 2.86. The first-order valence-corrected chi connectivity index (χ1v) is 4.30. The van der Waals surface area contributed by atoms with Gasteiger partial charge < -0.3 is 20.8 Å². The van der Waals surface area contributed by atoms with Crippen LogP contribution in [0.5, 0.6) is 0 Å². The van der Waals surface area contributed by atoms with Gasteiger partial charge in [-0.1, -0.05) is 0 Å². The minimum absolute atomic E-state index is 0.340. The maximum atomic E-state index is 10.7. The van der Waals surface area contributed by atoms with E-state index in [1.165, 1.54) is 0 Å². The van der Waals surface area contributed by atoms with Crippen LogP contribution in [-0.4, -0.2) is 21.6 Å². The topological polar surface area (TPSA) is 94.9 Å². The second-order valence-electron chi connectivity index (χ2n) is 2.40. The molecule has 0 aliphatic carbocycles. The summed E-state index contributed by atoms with van der Waals surface area (Å²) < 4.78 is 0.480. The number of hydrogen-bond acceptors (Lipinski definition) is 3. The molecule has 0 bridgehead atoms. The van der Waals surface area contributed by atoms with Gasteiger partial charge in [-0.05, 0) is 28.9 Å². The molecule has 12 heavy (non-hydrogen) atoms. The van der Waals surface area contributed by atoms with Crippen molar-refractivity contribution in [3.63, 3.8) is 0 Å². The summed E-state index contributed by atoms with van der Waals surface area (Å²) in [6.45, 7) is 0.376. The number of halogens is 1. The lowest BCUT2D eigenvalue weighted by Gasteiger charge is -2.05. The summed E-state index contributed by atoms with van der Waals surface area (Å²) in [5.41, 5.74) is 5.36. The summed E-state index contributed by atoms with van der Waals surface area (Å²) in [6, 6.07) is 0. The van der Waals surface area contributed by atoms with E-state index in [0.717, 1.165) is 0 Å². The second kappa shape index (κ2) is 3.88. The third kappa shape index (κ3) is 1.96. The highest BCUT2D eigenvalue weighted by Gasteiger charge is 2.12. The monoisotopic (exact) mass is 235 g/mol. The fourth-order valence-corrected chi connectivity index (χ4v) is 1.45. The van der Waals surface area contributed by atoms with Gasteiger partial charge in [-0.25, -0.2) is 4.79 Å². The van der Waals surface area contributed by atoms with E-state index in [-0.39, 0.29) is 5.69 Å². The molecule has 0 spiro atoms. The maximum absolute atomic E-state index is 10.7. The van der Waals surface area contributed by atoms with Gasteiger partial charge >= 0.3 is 5.69 Å². The minimum Gasteiger partial charge on any atom is -0.387 e. The highest BCUT2D eigenvalue weighted by Crippen LogP contribution is 2.19. The first kappa shape index (κ1) is 9.50. The molecule has 1 aromatic rings. The van der Waals surface area contributed by atoms with E-state index in [9.17, 15) is 9.90 Å². The van der Waals surface area contributed by atoms with Gasteiger partial charge in [0.25, 0.3) is 0 Å². The molecule has 0 fully saturated rings. The Kier molecular flexibility index (Phi) is 3.07. The van der Waals surface area contributed by atoms with Crippen LogP contribution in [-0.2, 0) is 0 Å². The molecular formula is C6H10BrN3O2. The van der Waals surface area contributed by atoms with Crippen LogP contribution >= 0.6 is 15.9 Å². The van der Waals surface area contributed by atoms with Gasteiger partial charge in [0.2, 0.25) is 0 Å². The summed E-state index contributed by atoms with van der Waals surface area (Å²) in [5, 5.41) is 9.41. The molecule has 0 saturated heterocycles. The summed E-state index contributed by atoms with van der Waals surface area (Å²) in [4.78, 5) is 15.7. The van der Waals surface area contributed by atoms with Crippen molar-refractivity contribution < 1.29 is 5.11 Å². The average Bonchev–Trinajstić information content (AvgIpc) is 2.30. The van der Waals surface area contributed by atoms with Crippen LogP contribution in [0.25, 0.3) is 0 Å². The highest BCUT2D eigenvalue weighted by molar-refractivity contribution is 9.10. The number of aliphatic hydroxyl groups excluding tert-OH is 1. The molecule has 1 heterocycles. The predicted octanol–water partition coefficient (Wildman–Crippen LogP) is -0.152. The second-order valence-corrected chi connectivity index (χ2v) is 3.19. The molecule has 1 unspecified atom stereocenters. The van der Waals surface area contributed by atoms with Gasteiger partial charge in [0.15, 0.2) is 0 Å². The van der Waals surface area contributed by atoms with Gasteiger partial charge in [-0.2, -0.15) is 0 Å². The summed E-state index contributed by atoms with van der Waals surface area (Å²) >= 11 is 3.10. The summed E-state index contributed by atoms with van der Waals surface area (Å²) in [7, 11) is 0. The number of H-pyrrole nitrogens is 2. The van der Waals surface area contributed by atoms with Crippen molar-refractivity contribution >= 4 is 15.9 Å². The molecule has 0 radical (unpaired) electrons. The standard InChI is InChI=1S/C6H10BrN3O2/c7-5-4(3(11)1-2-8)9-6(12)10-5/h3,11H,1-2,8H2,(H2,9,10,12). The number of imidazole rings is 1. The molecule has 68 valence electrons. The van der Waals surface area contributed by atoms with E-state index in [1.54, 1.807) is 0 Å². The Hall–Kier alpha value is -0.590. The molecule has 0 saturated carbocycles. The maximum Gasteiger partial charge on any atom is 0.324 e. The van der Waals surface area contributed by atoms with Crippen LogP contribution in [0, 0.1) is 0 Å². The fourth-order valence-electron chi connectivity index (χ4n) is 0.907. The number of nitrogens with two attached hydrogens (primary N) is 1. The largest absolute Gasteiger partial charge is 0.387 e. The SMILES string of the molecule is NCCC(O)c1[nH]c(=O)[nH]c1Br. The fraction of sp³-hybridized carbons (Fsp3) is 0.500. The smallest absolute Gasteiger partial charge is 0.324 e. The van der Waals surface area contributed by atoms with E-state index >= 15 is 0 Å². The molecule has 0 aliphatic heterocycles. The number of aromatic amines is 2. The van der Waals surface area contributed by atoms with Crippen LogP contribution in [0.4, 0.5) is 0 Å². The van der Waals surface area contributed by atoms with Gasteiger partial charge in [0.05, 0.1) is 11.8 Å². The molecule has 1 atom stereocenters. The lowest BCUT2D eigenvalue weighted by Crippen LogP contribution is -2.09. The average molecular weight is 236 g/mol. The Bertz CT molecular complexity index is 306. The highest BCUT2D eigenvalue weighted by atomic mass is 79.9. The first-order valence-electron chi connectivity index (χ1n) is 3.51. The van der Waals surface area contributed by atoms with E-state index < -0.39 is 6.10 Å². The molecule has 0 aliphatic rings. The third-order valence-corrected chi connectivity index (χ3v) is 2.11. The van der Waals surface area contributed by atoms with Crippen LogP contribution in [0.15, 0.2) is 9.40 Å². The van der Waals surface area contributed by atoms with E-state index in [0.29, 0.717) is 23.3 Å². The minimum atomic E-state index is -0.719.